The fourth-order valence-corrected chi connectivity index (χ4v) is 1.70. The average molecular weight is 176 g/mol. The lowest BCUT2D eigenvalue weighted by molar-refractivity contribution is -0.134. The van der Waals surface area contributed by atoms with E-state index in [1.54, 1.807) is 6.08 Å². The van der Waals surface area contributed by atoms with E-state index in [1.165, 1.54) is 12.2 Å². The Bertz CT molecular complexity index is 360. The van der Waals surface area contributed by atoms with Gasteiger partial charge in [0.1, 0.15) is 11.7 Å². The van der Waals surface area contributed by atoms with Gasteiger partial charge in [-0.05, 0) is 6.08 Å². The van der Waals surface area contributed by atoms with Crippen molar-refractivity contribution in [2.75, 3.05) is 0 Å². The van der Waals surface area contributed by atoms with Crippen LogP contribution >= 0.6 is 0 Å². The summed E-state index contributed by atoms with van der Waals surface area (Å²) in [5.41, 5.74) is 0.378. The van der Waals surface area contributed by atoms with Crippen LogP contribution in [0.25, 0.3) is 0 Å². The van der Waals surface area contributed by atoms with Crippen molar-refractivity contribution in [1.29, 1.82) is 0 Å². The molecule has 0 aromatic heterocycles. The molecule has 1 saturated carbocycles. The van der Waals surface area contributed by atoms with Crippen molar-refractivity contribution in [3.05, 3.63) is 23.8 Å². The Labute approximate surface area is 75.1 Å². The van der Waals surface area contributed by atoms with Gasteiger partial charge in [-0.15, -0.1) is 0 Å². The van der Waals surface area contributed by atoms with E-state index >= 15 is 0 Å². The molecule has 0 radical (unpaired) electrons. The van der Waals surface area contributed by atoms with Crippen LogP contribution in [0.15, 0.2) is 23.8 Å². The highest BCUT2D eigenvalue weighted by molar-refractivity contribution is 6.20. The number of rotatable bonds is 0. The molecule has 0 saturated heterocycles. The van der Waals surface area contributed by atoms with Crippen molar-refractivity contribution in [2.24, 2.45) is 5.92 Å². The number of carbonyl (C=O) groups is 3. The van der Waals surface area contributed by atoms with E-state index in [2.05, 4.69) is 0 Å². The first-order chi connectivity index (χ1) is 6.20. The van der Waals surface area contributed by atoms with Crippen molar-refractivity contribution in [2.45, 2.75) is 12.8 Å². The summed E-state index contributed by atoms with van der Waals surface area (Å²) < 4.78 is 0. The second kappa shape index (κ2) is 2.76. The predicted molar refractivity (Wildman–Crippen MR) is 45.0 cm³/mol. The minimum Gasteiger partial charge on any atom is -0.298 e. The minimum absolute atomic E-state index is 0.0673. The predicted octanol–water partition coefficient (Wildman–Crippen LogP) is 0.600. The summed E-state index contributed by atoms with van der Waals surface area (Å²) in [5, 5.41) is 0. The number of carbonyl (C=O) groups excluding carboxylic acids is 3. The quantitative estimate of drug-likeness (QED) is 0.508. The standard InChI is InChI=1S/C10H8O3/c11-7-4-5-9(13)10-6(7)2-1-3-8(10)12/h1-3,10H,4-5H2. The van der Waals surface area contributed by atoms with Gasteiger partial charge in [0.2, 0.25) is 0 Å². The molecule has 2 rings (SSSR count). The smallest absolute Gasteiger partial charge is 0.170 e. The zero-order valence-electron chi connectivity index (χ0n) is 6.95. The maximum atomic E-state index is 11.3. The maximum Gasteiger partial charge on any atom is 0.170 e. The van der Waals surface area contributed by atoms with Gasteiger partial charge in [0.05, 0.1) is 0 Å². The molecule has 3 heteroatoms. The molecule has 13 heavy (non-hydrogen) atoms. The highest BCUT2D eigenvalue weighted by atomic mass is 16.2. The molecule has 2 aliphatic rings. The highest BCUT2D eigenvalue weighted by Gasteiger charge is 2.37. The van der Waals surface area contributed by atoms with E-state index in [-0.39, 0.29) is 30.2 Å². The molecule has 0 spiro atoms. The lowest BCUT2D eigenvalue weighted by Gasteiger charge is -2.22. The van der Waals surface area contributed by atoms with Gasteiger partial charge in [-0.1, -0.05) is 12.2 Å². The summed E-state index contributed by atoms with van der Waals surface area (Å²) in [5.74, 6) is -1.23. The first-order valence-electron chi connectivity index (χ1n) is 4.18. The van der Waals surface area contributed by atoms with E-state index in [0.29, 0.717) is 5.57 Å². The zero-order chi connectivity index (χ0) is 9.42. The van der Waals surface area contributed by atoms with Crippen molar-refractivity contribution >= 4 is 17.3 Å². The fraction of sp³-hybridized carbons (Fsp3) is 0.300. The Balaban J connectivity index is 2.45. The molecular weight excluding hydrogens is 168 g/mol. The van der Waals surface area contributed by atoms with Crippen LogP contribution in [0, 0.1) is 5.92 Å². The number of Topliss-reactive ketones (excluding diaryl/α,β-unsaturated/α-hetero) is 2. The molecule has 0 amide bonds. The van der Waals surface area contributed by atoms with Crippen LogP contribution in [0.3, 0.4) is 0 Å². The van der Waals surface area contributed by atoms with Gasteiger partial charge in [-0.3, -0.25) is 14.4 Å². The van der Waals surface area contributed by atoms with Crippen LogP contribution < -0.4 is 0 Å². The summed E-state index contributed by atoms with van der Waals surface area (Å²) >= 11 is 0. The Kier molecular flexibility index (Phi) is 1.72. The second-order valence-electron chi connectivity index (χ2n) is 3.21. The normalized spacial score (nSPS) is 27.2. The SMILES string of the molecule is O=C1CCC(=O)C2C(=O)C=CC=C12. The Hall–Kier alpha value is -1.51. The van der Waals surface area contributed by atoms with E-state index < -0.39 is 5.92 Å². The summed E-state index contributed by atoms with van der Waals surface area (Å²) in [4.78, 5) is 33.9. The van der Waals surface area contributed by atoms with Gasteiger partial charge in [0.15, 0.2) is 11.6 Å². The molecular formula is C10H8O3. The number of hydrogen-bond donors (Lipinski definition) is 0. The topological polar surface area (TPSA) is 51.2 Å². The molecule has 66 valence electrons. The summed E-state index contributed by atoms with van der Waals surface area (Å²) in [6, 6.07) is 0. The summed E-state index contributed by atoms with van der Waals surface area (Å²) in [6.45, 7) is 0. The van der Waals surface area contributed by atoms with Crippen LogP contribution in [0.5, 0.6) is 0 Å². The molecule has 1 atom stereocenters. The molecule has 1 unspecified atom stereocenters. The van der Waals surface area contributed by atoms with Crippen molar-refractivity contribution < 1.29 is 14.4 Å². The van der Waals surface area contributed by atoms with Crippen molar-refractivity contribution in [1.82, 2.24) is 0 Å². The summed E-state index contributed by atoms with van der Waals surface area (Å²) in [7, 11) is 0. The monoisotopic (exact) mass is 176 g/mol. The summed E-state index contributed by atoms with van der Waals surface area (Å²) in [6.07, 6.45) is 4.92. The van der Waals surface area contributed by atoms with Gasteiger partial charge in [0.25, 0.3) is 0 Å². The molecule has 0 heterocycles. The fourth-order valence-electron chi connectivity index (χ4n) is 1.70. The molecule has 0 aliphatic heterocycles. The Morgan fingerprint density at radius 3 is 2.62 bits per heavy atom. The van der Waals surface area contributed by atoms with Gasteiger partial charge in [0, 0.05) is 18.4 Å². The van der Waals surface area contributed by atoms with Crippen LogP contribution in [-0.4, -0.2) is 17.3 Å². The largest absolute Gasteiger partial charge is 0.298 e. The third-order valence-electron chi connectivity index (χ3n) is 2.37. The Morgan fingerprint density at radius 2 is 1.92 bits per heavy atom. The number of ketones is 3. The Morgan fingerprint density at radius 1 is 1.15 bits per heavy atom. The van der Waals surface area contributed by atoms with E-state index in [0.717, 1.165) is 0 Å². The minimum atomic E-state index is -0.786. The number of hydrogen-bond acceptors (Lipinski definition) is 3. The lowest BCUT2D eigenvalue weighted by atomic mass is 9.77. The molecule has 0 bridgehead atoms. The zero-order valence-corrected chi connectivity index (χ0v) is 6.95. The van der Waals surface area contributed by atoms with Gasteiger partial charge < -0.3 is 0 Å². The second-order valence-corrected chi connectivity index (χ2v) is 3.21. The van der Waals surface area contributed by atoms with Crippen LogP contribution in [-0.2, 0) is 14.4 Å². The van der Waals surface area contributed by atoms with Crippen molar-refractivity contribution in [3.63, 3.8) is 0 Å². The first-order valence-corrected chi connectivity index (χ1v) is 4.18. The highest BCUT2D eigenvalue weighted by Crippen LogP contribution is 2.27. The number of fused-ring (bicyclic) bond motifs is 1. The van der Waals surface area contributed by atoms with Gasteiger partial charge in [-0.25, -0.2) is 0 Å². The maximum absolute atomic E-state index is 11.3. The molecule has 3 nitrogen and oxygen atoms in total. The van der Waals surface area contributed by atoms with Crippen LogP contribution in [0.1, 0.15) is 12.8 Å². The van der Waals surface area contributed by atoms with E-state index in [4.69, 9.17) is 0 Å². The van der Waals surface area contributed by atoms with Crippen molar-refractivity contribution in [3.8, 4) is 0 Å². The van der Waals surface area contributed by atoms with Crippen LogP contribution in [0.2, 0.25) is 0 Å². The van der Waals surface area contributed by atoms with Crippen LogP contribution in [0.4, 0.5) is 0 Å². The number of allylic oxidation sites excluding steroid dienone is 4. The van der Waals surface area contributed by atoms with Gasteiger partial charge in [-0.2, -0.15) is 0 Å². The molecule has 0 N–H and O–H groups in total. The van der Waals surface area contributed by atoms with E-state index in [9.17, 15) is 14.4 Å². The average Bonchev–Trinajstić information content (AvgIpc) is 2.12. The van der Waals surface area contributed by atoms with Gasteiger partial charge >= 0.3 is 0 Å². The lowest BCUT2D eigenvalue weighted by Crippen LogP contribution is -2.34. The molecule has 2 aliphatic carbocycles. The molecule has 0 aromatic rings. The third-order valence-corrected chi connectivity index (χ3v) is 2.37. The first kappa shape index (κ1) is 8.10. The molecule has 0 aromatic carbocycles. The third kappa shape index (κ3) is 1.16. The molecule has 1 fully saturated rings. The van der Waals surface area contributed by atoms with E-state index in [1.807, 2.05) is 0 Å².